The molecule has 2 N–H and O–H groups in total. The normalized spacial score (nSPS) is 12.7. The van der Waals surface area contributed by atoms with Crippen LogP contribution in [0, 0.1) is 5.82 Å². The lowest BCUT2D eigenvalue weighted by molar-refractivity contribution is 0.501. The molecular formula is C13H20ClFN2. The summed E-state index contributed by atoms with van der Waals surface area (Å²) in [7, 11) is 0. The molecule has 0 amide bonds. The molecule has 1 atom stereocenters. The molecule has 0 heterocycles. The lowest BCUT2D eigenvalue weighted by Crippen LogP contribution is -2.36. The highest BCUT2D eigenvalue weighted by atomic mass is 35.5. The summed E-state index contributed by atoms with van der Waals surface area (Å²) in [6.45, 7) is 6.87. The van der Waals surface area contributed by atoms with Crippen LogP contribution in [0.15, 0.2) is 18.2 Å². The van der Waals surface area contributed by atoms with Crippen LogP contribution in [0.4, 0.5) is 4.39 Å². The smallest absolute Gasteiger partial charge is 0.124 e. The summed E-state index contributed by atoms with van der Waals surface area (Å²) in [6, 6.07) is 4.86. The highest BCUT2D eigenvalue weighted by Gasteiger charge is 2.04. The van der Waals surface area contributed by atoms with Gasteiger partial charge in [0.05, 0.1) is 0 Å². The Morgan fingerprint density at radius 2 is 2.18 bits per heavy atom. The fourth-order valence-corrected chi connectivity index (χ4v) is 1.75. The van der Waals surface area contributed by atoms with E-state index in [1.807, 2.05) is 0 Å². The van der Waals surface area contributed by atoms with Crippen molar-refractivity contribution in [1.82, 2.24) is 10.6 Å². The summed E-state index contributed by atoms with van der Waals surface area (Å²) in [5.41, 5.74) is 0.926. The van der Waals surface area contributed by atoms with E-state index in [0.717, 1.165) is 25.1 Å². The van der Waals surface area contributed by atoms with Crippen molar-refractivity contribution in [2.24, 2.45) is 0 Å². The van der Waals surface area contributed by atoms with Gasteiger partial charge in [0.1, 0.15) is 5.82 Å². The first-order chi connectivity index (χ1) is 8.13. The van der Waals surface area contributed by atoms with Crippen LogP contribution in [0.5, 0.6) is 0 Å². The van der Waals surface area contributed by atoms with Gasteiger partial charge in [-0.25, -0.2) is 4.39 Å². The second kappa shape index (κ2) is 7.64. The molecule has 17 heavy (non-hydrogen) atoms. The molecular weight excluding hydrogens is 239 g/mol. The Kier molecular flexibility index (Phi) is 6.48. The maximum atomic E-state index is 12.8. The van der Waals surface area contributed by atoms with Crippen molar-refractivity contribution >= 4 is 11.6 Å². The molecule has 1 aromatic rings. The van der Waals surface area contributed by atoms with Crippen molar-refractivity contribution in [2.45, 2.75) is 32.9 Å². The first kappa shape index (κ1) is 14.4. The predicted octanol–water partition coefficient (Wildman–Crippen LogP) is 2.96. The van der Waals surface area contributed by atoms with Gasteiger partial charge in [-0.05, 0) is 37.6 Å². The van der Waals surface area contributed by atoms with Crippen LogP contribution < -0.4 is 10.6 Å². The second-order valence-electron chi connectivity index (χ2n) is 4.22. The van der Waals surface area contributed by atoms with Crippen LogP contribution >= 0.6 is 11.6 Å². The van der Waals surface area contributed by atoms with Crippen LogP contribution in [0.25, 0.3) is 0 Å². The van der Waals surface area contributed by atoms with Gasteiger partial charge in [-0.1, -0.05) is 24.6 Å². The van der Waals surface area contributed by atoms with Gasteiger partial charge in [0.2, 0.25) is 0 Å². The van der Waals surface area contributed by atoms with E-state index in [1.54, 1.807) is 6.07 Å². The molecule has 0 fully saturated rings. The van der Waals surface area contributed by atoms with E-state index in [4.69, 9.17) is 11.6 Å². The van der Waals surface area contributed by atoms with Crippen LogP contribution in [0.1, 0.15) is 25.8 Å². The summed E-state index contributed by atoms with van der Waals surface area (Å²) in [5.74, 6) is -0.295. The molecule has 0 aliphatic rings. The quantitative estimate of drug-likeness (QED) is 0.735. The standard InChI is InChI=1S/C13H20ClFN2/c1-3-6-16-8-10(2)17-9-11-4-5-12(15)7-13(11)14/h4-5,7,10,16-17H,3,6,8-9H2,1-2H3. The third-order valence-electron chi connectivity index (χ3n) is 2.53. The minimum Gasteiger partial charge on any atom is -0.315 e. The molecule has 0 aromatic heterocycles. The first-order valence-electron chi connectivity index (χ1n) is 6.01. The van der Waals surface area contributed by atoms with Gasteiger partial charge < -0.3 is 10.6 Å². The number of halogens is 2. The van der Waals surface area contributed by atoms with E-state index in [-0.39, 0.29) is 5.82 Å². The van der Waals surface area contributed by atoms with Gasteiger partial charge in [0, 0.05) is 24.2 Å². The monoisotopic (exact) mass is 258 g/mol. The number of benzene rings is 1. The third-order valence-corrected chi connectivity index (χ3v) is 2.89. The predicted molar refractivity (Wildman–Crippen MR) is 70.9 cm³/mol. The zero-order valence-electron chi connectivity index (χ0n) is 10.4. The van der Waals surface area contributed by atoms with Crippen molar-refractivity contribution in [2.75, 3.05) is 13.1 Å². The van der Waals surface area contributed by atoms with Gasteiger partial charge in [0.25, 0.3) is 0 Å². The van der Waals surface area contributed by atoms with Crippen molar-refractivity contribution in [3.63, 3.8) is 0 Å². The molecule has 1 aromatic carbocycles. The zero-order chi connectivity index (χ0) is 12.7. The lowest BCUT2D eigenvalue weighted by Gasteiger charge is -2.15. The summed E-state index contributed by atoms with van der Waals surface area (Å²) in [4.78, 5) is 0. The van der Waals surface area contributed by atoms with Gasteiger partial charge in [-0.15, -0.1) is 0 Å². The van der Waals surface area contributed by atoms with Crippen molar-refractivity contribution < 1.29 is 4.39 Å². The van der Waals surface area contributed by atoms with E-state index >= 15 is 0 Å². The Morgan fingerprint density at radius 1 is 1.41 bits per heavy atom. The van der Waals surface area contributed by atoms with Crippen molar-refractivity contribution in [1.29, 1.82) is 0 Å². The minimum absolute atomic E-state index is 0.295. The van der Waals surface area contributed by atoms with E-state index in [2.05, 4.69) is 24.5 Å². The molecule has 96 valence electrons. The van der Waals surface area contributed by atoms with Gasteiger partial charge in [-0.2, -0.15) is 0 Å². The maximum Gasteiger partial charge on any atom is 0.124 e. The SMILES string of the molecule is CCCNCC(C)NCc1ccc(F)cc1Cl. The molecule has 0 bridgehead atoms. The van der Waals surface area contributed by atoms with Crippen LogP contribution in [0.3, 0.4) is 0 Å². The summed E-state index contributed by atoms with van der Waals surface area (Å²) in [5, 5.41) is 7.17. The second-order valence-corrected chi connectivity index (χ2v) is 4.63. The van der Waals surface area contributed by atoms with E-state index < -0.39 is 0 Å². The summed E-state index contributed by atoms with van der Waals surface area (Å²) in [6.07, 6.45) is 1.14. The Hall–Kier alpha value is -0.640. The average molecular weight is 259 g/mol. The fraction of sp³-hybridized carbons (Fsp3) is 0.538. The molecule has 0 aliphatic heterocycles. The van der Waals surface area contributed by atoms with E-state index in [0.29, 0.717) is 17.6 Å². The summed E-state index contributed by atoms with van der Waals surface area (Å²) < 4.78 is 12.8. The molecule has 1 unspecified atom stereocenters. The minimum atomic E-state index is -0.295. The molecule has 2 nitrogen and oxygen atoms in total. The van der Waals surface area contributed by atoms with Crippen molar-refractivity contribution in [3.8, 4) is 0 Å². The Bertz CT molecular complexity index is 344. The molecule has 1 rings (SSSR count). The highest BCUT2D eigenvalue weighted by molar-refractivity contribution is 6.31. The lowest BCUT2D eigenvalue weighted by atomic mass is 10.2. The van der Waals surface area contributed by atoms with Gasteiger partial charge in [0.15, 0.2) is 0 Å². The Balaban J connectivity index is 2.34. The summed E-state index contributed by atoms with van der Waals surface area (Å²) >= 11 is 5.94. The van der Waals surface area contributed by atoms with Crippen LogP contribution in [0.2, 0.25) is 5.02 Å². The number of hydrogen-bond donors (Lipinski definition) is 2. The largest absolute Gasteiger partial charge is 0.315 e. The third kappa shape index (κ3) is 5.48. The zero-order valence-corrected chi connectivity index (χ0v) is 11.1. The molecule has 0 saturated carbocycles. The molecule has 0 radical (unpaired) electrons. The average Bonchev–Trinajstić information content (AvgIpc) is 2.28. The van der Waals surface area contributed by atoms with E-state index in [1.165, 1.54) is 12.1 Å². The van der Waals surface area contributed by atoms with Crippen LogP contribution in [-0.4, -0.2) is 19.1 Å². The maximum absolute atomic E-state index is 12.8. The van der Waals surface area contributed by atoms with Crippen molar-refractivity contribution in [3.05, 3.63) is 34.6 Å². The topological polar surface area (TPSA) is 24.1 Å². The molecule has 4 heteroatoms. The highest BCUT2D eigenvalue weighted by Crippen LogP contribution is 2.16. The molecule has 0 aliphatic carbocycles. The number of nitrogens with one attached hydrogen (secondary N) is 2. The van der Waals surface area contributed by atoms with Gasteiger partial charge >= 0.3 is 0 Å². The fourth-order valence-electron chi connectivity index (χ4n) is 1.52. The number of rotatable bonds is 7. The first-order valence-corrected chi connectivity index (χ1v) is 6.39. The Labute approximate surface area is 108 Å². The van der Waals surface area contributed by atoms with Gasteiger partial charge in [-0.3, -0.25) is 0 Å². The molecule has 0 spiro atoms. The van der Waals surface area contributed by atoms with E-state index in [9.17, 15) is 4.39 Å². The Morgan fingerprint density at radius 3 is 2.82 bits per heavy atom. The molecule has 0 saturated heterocycles. The number of hydrogen-bond acceptors (Lipinski definition) is 2. The van der Waals surface area contributed by atoms with Crippen LogP contribution in [-0.2, 0) is 6.54 Å².